The molecule has 108 valence electrons. The molecule has 9 nitrogen and oxygen atoms in total. The lowest BCUT2D eigenvalue weighted by atomic mass is 10.1. The molecule has 0 saturated carbocycles. The number of anilines is 1. The van der Waals surface area contributed by atoms with Crippen LogP contribution < -0.4 is 11.1 Å². The quantitative estimate of drug-likeness (QED) is 0.520. The first-order chi connectivity index (χ1) is 9.67. The molecule has 1 fully saturated rings. The maximum Gasteiger partial charge on any atom is 0.167 e. The van der Waals surface area contributed by atoms with Gasteiger partial charge in [0.15, 0.2) is 17.7 Å². The Morgan fingerprint density at radius 1 is 1.45 bits per heavy atom. The molecule has 4 atom stereocenters. The number of hydrogen-bond donors (Lipinski definition) is 4. The van der Waals surface area contributed by atoms with Crippen LogP contribution >= 0.6 is 0 Å². The Hall–Kier alpha value is -1.81. The molecular weight excluding hydrogens is 264 g/mol. The van der Waals surface area contributed by atoms with Crippen LogP contribution in [0.5, 0.6) is 0 Å². The van der Waals surface area contributed by atoms with E-state index in [2.05, 4.69) is 20.3 Å². The van der Waals surface area contributed by atoms with Crippen molar-refractivity contribution in [2.24, 2.45) is 0 Å². The van der Waals surface area contributed by atoms with E-state index in [0.717, 1.165) is 0 Å². The molecule has 0 unspecified atom stereocenters. The number of aliphatic hydroxyl groups is 2. The fourth-order valence-corrected chi connectivity index (χ4v) is 2.54. The number of aromatic nitrogens is 4. The zero-order chi connectivity index (χ0) is 14.3. The summed E-state index contributed by atoms with van der Waals surface area (Å²) in [6.07, 6.45) is 0.790. The first-order valence-electron chi connectivity index (χ1n) is 6.22. The van der Waals surface area contributed by atoms with Crippen LogP contribution in [0.25, 0.3) is 11.2 Å². The number of nitrogens with two attached hydrogens (primary N) is 1. The van der Waals surface area contributed by atoms with E-state index in [9.17, 15) is 10.2 Å². The molecule has 3 rings (SSSR count). The van der Waals surface area contributed by atoms with Crippen molar-refractivity contribution in [1.82, 2.24) is 24.8 Å². The van der Waals surface area contributed by atoms with Gasteiger partial charge in [0.05, 0.1) is 19.0 Å². The Balaban J connectivity index is 2.01. The van der Waals surface area contributed by atoms with Gasteiger partial charge in [0, 0.05) is 0 Å². The summed E-state index contributed by atoms with van der Waals surface area (Å²) in [6, 6.07) is -0.373. The van der Waals surface area contributed by atoms with Gasteiger partial charge in [-0.15, -0.1) is 0 Å². The van der Waals surface area contributed by atoms with Crippen molar-refractivity contribution in [3.05, 3.63) is 12.7 Å². The molecule has 9 heteroatoms. The molecule has 0 aliphatic carbocycles. The number of rotatable bonds is 3. The predicted molar refractivity (Wildman–Crippen MR) is 69.6 cm³/mol. The van der Waals surface area contributed by atoms with Crippen molar-refractivity contribution in [2.45, 2.75) is 24.5 Å². The molecule has 1 aliphatic heterocycles. The van der Waals surface area contributed by atoms with Crippen molar-refractivity contribution < 1.29 is 14.9 Å². The van der Waals surface area contributed by atoms with Gasteiger partial charge in [0.2, 0.25) is 0 Å². The minimum atomic E-state index is -0.842. The van der Waals surface area contributed by atoms with Crippen molar-refractivity contribution >= 4 is 17.0 Å². The molecule has 20 heavy (non-hydrogen) atoms. The van der Waals surface area contributed by atoms with E-state index < -0.39 is 18.4 Å². The van der Waals surface area contributed by atoms with E-state index in [0.29, 0.717) is 11.2 Å². The number of nitrogen functional groups attached to an aromatic ring is 1. The lowest BCUT2D eigenvalue weighted by molar-refractivity contribution is -0.0489. The molecule has 0 radical (unpaired) electrons. The van der Waals surface area contributed by atoms with Crippen LogP contribution in [0.4, 0.5) is 5.82 Å². The highest BCUT2D eigenvalue weighted by molar-refractivity contribution is 5.81. The zero-order valence-electron chi connectivity index (χ0n) is 10.8. The molecule has 0 spiro atoms. The van der Waals surface area contributed by atoms with E-state index in [1.807, 2.05) is 0 Å². The number of hydrogen-bond acceptors (Lipinski definition) is 8. The Bertz CT molecular complexity index is 617. The minimum absolute atomic E-state index is 0.192. The summed E-state index contributed by atoms with van der Waals surface area (Å²) in [7, 11) is 1.70. The topological polar surface area (TPSA) is 131 Å². The highest BCUT2D eigenvalue weighted by Gasteiger charge is 2.44. The fraction of sp³-hybridized carbons (Fsp3) is 0.545. The third-order valence-electron chi connectivity index (χ3n) is 3.55. The summed E-state index contributed by atoms with van der Waals surface area (Å²) < 4.78 is 7.27. The molecule has 5 N–H and O–H groups in total. The van der Waals surface area contributed by atoms with Gasteiger partial charge in [-0.1, -0.05) is 0 Å². The monoisotopic (exact) mass is 280 g/mol. The Morgan fingerprint density at radius 3 is 2.90 bits per heavy atom. The van der Waals surface area contributed by atoms with Gasteiger partial charge >= 0.3 is 0 Å². The second kappa shape index (κ2) is 4.94. The number of imidazole rings is 1. The standard InChI is InChI=1S/C11H16N6O3/c1-13-6-5(2-18)20-11(8(6)19)17-4-16-7-9(12)14-3-15-10(7)17/h3-6,8,11,13,18-19H,2H2,1H3,(H2,12,14,15)/t5-,6-,8-,11+/m1/s1. The Labute approximate surface area is 114 Å². The van der Waals surface area contributed by atoms with Gasteiger partial charge in [-0.25, -0.2) is 15.0 Å². The Morgan fingerprint density at radius 2 is 2.25 bits per heavy atom. The molecular formula is C11H16N6O3. The van der Waals surface area contributed by atoms with E-state index in [1.165, 1.54) is 12.7 Å². The van der Waals surface area contributed by atoms with Crippen molar-refractivity contribution in [1.29, 1.82) is 0 Å². The SMILES string of the molecule is CN[C@H]1[C@@H](O)[C@@H](n2cnc3c(N)ncnc32)O[C@@H]1CO. The van der Waals surface area contributed by atoms with E-state index >= 15 is 0 Å². The lowest BCUT2D eigenvalue weighted by Crippen LogP contribution is -2.43. The number of nitrogens with zero attached hydrogens (tertiary/aromatic N) is 4. The molecule has 1 aliphatic rings. The molecule has 0 bridgehead atoms. The van der Waals surface area contributed by atoms with Gasteiger partial charge in [-0.3, -0.25) is 4.57 Å². The number of likely N-dealkylation sites (N-methyl/N-ethyl adjacent to an activating group) is 1. The third kappa shape index (κ3) is 1.83. The van der Waals surface area contributed by atoms with Crippen molar-refractivity contribution in [3.63, 3.8) is 0 Å². The van der Waals surface area contributed by atoms with E-state index in [-0.39, 0.29) is 18.5 Å². The summed E-state index contributed by atoms with van der Waals surface area (Å²) >= 11 is 0. The first-order valence-corrected chi connectivity index (χ1v) is 6.22. The first kappa shape index (κ1) is 13.2. The average molecular weight is 280 g/mol. The van der Waals surface area contributed by atoms with Crippen molar-refractivity contribution in [3.8, 4) is 0 Å². The zero-order valence-corrected chi connectivity index (χ0v) is 10.8. The van der Waals surface area contributed by atoms with E-state index in [1.54, 1.807) is 11.6 Å². The second-order valence-corrected chi connectivity index (χ2v) is 4.64. The summed E-state index contributed by atoms with van der Waals surface area (Å²) in [6.45, 7) is -0.192. The van der Waals surface area contributed by atoms with Crippen LogP contribution in [0.15, 0.2) is 12.7 Å². The summed E-state index contributed by atoms with van der Waals surface area (Å²) in [5.74, 6) is 0.269. The molecule has 0 aromatic carbocycles. The predicted octanol–water partition coefficient (Wildman–Crippen LogP) is -1.75. The molecule has 0 amide bonds. The number of aliphatic hydroxyl groups excluding tert-OH is 2. The molecule has 2 aromatic rings. The van der Waals surface area contributed by atoms with Crippen LogP contribution in [0, 0.1) is 0 Å². The van der Waals surface area contributed by atoms with Gasteiger partial charge in [0.25, 0.3) is 0 Å². The fourth-order valence-electron chi connectivity index (χ4n) is 2.54. The van der Waals surface area contributed by atoms with Crippen LogP contribution in [0.1, 0.15) is 6.23 Å². The highest BCUT2D eigenvalue weighted by Crippen LogP contribution is 2.31. The third-order valence-corrected chi connectivity index (χ3v) is 3.55. The average Bonchev–Trinajstić information content (AvgIpc) is 3.00. The molecule has 3 heterocycles. The normalized spacial score (nSPS) is 30.1. The van der Waals surface area contributed by atoms with Crippen LogP contribution in [0.3, 0.4) is 0 Å². The van der Waals surface area contributed by atoms with Crippen LogP contribution in [0.2, 0.25) is 0 Å². The van der Waals surface area contributed by atoms with E-state index in [4.69, 9.17) is 10.5 Å². The molecule has 2 aromatic heterocycles. The maximum absolute atomic E-state index is 10.3. The maximum atomic E-state index is 10.3. The highest BCUT2D eigenvalue weighted by atomic mass is 16.5. The van der Waals surface area contributed by atoms with Crippen LogP contribution in [-0.4, -0.2) is 61.6 Å². The second-order valence-electron chi connectivity index (χ2n) is 4.64. The number of ether oxygens (including phenoxy) is 1. The lowest BCUT2D eigenvalue weighted by Gasteiger charge is -2.18. The van der Waals surface area contributed by atoms with Gasteiger partial charge in [-0.05, 0) is 7.05 Å². The van der Waals surface area contributed by atoms with Crippen molar-refractivity contribution in [2.75, 3.05) is 19.4 Å². The summed E-state index contributed by atoms with van der Waals surface area (Å²) in [5.41, 5.74) is 6.66. The number of fused-ring (bicyclic) bond motifs is 1. The number of nitrogens with one attached hydrogen (secondary N) is 1. The van der Waals surface area contributed by atoms with Crippen LogP contribution in [-0.2, 0) is 4.74 Å². The largest absolute Gasteiger partial charge is 0.394 e. The summed E-state index contributed by atoms with van der Waals surface area (Å²) in [4.78, 5) is 12.1. The van der Waals surface area contributed by atoms with Gasteiger partial charge < -0.3 is 26.0 Å². The van der Waals surface area contributed by atoms with Gasteiger partial charge in [-0.2, -0.15) is 0 Å². The summed E-state index contributed by atoms with van der Waals surface area (Å²) in [5, 5.41) is 22.6. The minimum Gasteiger partial charge on any atom is -0.394 e. The Kier molecular flexibility index (Phi) is 3.26. The smallest absolute Gasteiger partial charge is 0.167 e. The molecule has 1 saturated heterocycles. The van der Waals surface area contributed by atoms with Gasteiger partial charge in [0.1, 0.15) is 24.1 Å².